The van der Waals surface area contributed by atoms with Gasteiger partial charge in [-0.2, -0.15) is 0 Å². The summed E-state index contributed by atoms with van der Waals surface area (Å²) in [4.78, 5) is 69.5. The molecule has 20 rings (SSSR count). The quantitative estimate of drug-likeness (QED) is 0.0414. The minimum atomic E-state index is -2.87. The fraction of sp³-hybridized carbons (Fsp3) is 0.322. The maximum atomic E-state index is 13.7. The summed E-state index contributed by atoms with van der Waals surface area (Å²) in [7, 11) is 0. The topological polar surface area (TPSA) is 275 Å². The molecule has 4 N–H and O–H groups in total. The Kier molecular flexibility index (Phi) is 28.7. The number of carbonyl (C=O) groups is 4. The van der Waals surface area contributed by atoms with Gasteiger partial charge in [-0.3, -0.25) is 19.9 Å². The van der Waals surface area contributed by atoms with Crippen LogP contribution in [0, 0.1) is 27.7 Å². The molecule has 0 aliphatic carbocycles. The number of ether oxygens (including phenoxy) is 8. The predicted octanol–water partition coefficient (Wildman–Crippen LogP) is 27.8. The summed E-state index contributed by atoms with van der Waals surface area (Å²) in [6.45, 7) is 30.3. The number of carboxylic acids is 4. The minimum absolute atomic E-state index is 0. The zero-order valence-electron chi connectivity index (χ0n) is 81.1. The van der Waals surface area contributed by atoms with E-state index in [0.717, 1.165) is 218 Å². The number of aryl methyl sites for hydroxylation is 4. The molecular formula is C118H120F2N4O16. The number of halogens is 2. The molecule has 16 aromatic rings. The van der Waals surface area contributed by atoms with Crippen LogP contribution in [-0.2, 0) is 63.8 Å². The molecule has 4 aliphatic rings. The van der Waals surface area contributed by atoms with Gasteiger partial charge in [0.25, 0.3) is 6.43 Å². The first kappa shape index (κ1) is 99.1. The zero-order chi connectivity index (χ0) is 98.4. The van der Waals surface area contributed by atoms with Crippen LogP contribution in [0.1, 0.15) is 207 Å². The average Bonchev–Trinajstić information content (AvgIpc) is 0.743. The lowest BCUT2D eigenvalue weighted by molar-refractivity contribution is -0.180. The number of hydrogen-bond donors (Lipinski definition) is 4. The van der Waals surface area contributed by atoms with Crippen molar-refractivity contribution in [1.29, 1.82) is 0 Å². The summed E-state index contributed by atoms with van der Waals surface area (Å²) in [5.41, 5.74) is 16.3. The highest BCUT2D eigenvalue weighted by Gasteiger charge is 2.42. The second-order valence-corrected chi connectivity index (χ2v) is 39.2. The number of carboxylic acid groups (broad SMARTS) is 4. The van der Waals surface area contributed by atoms with Gasteiger partial charge in [-0.1, -0.05) is 162 Å². The molecule has 22 heteroatoms. The molecule has 0 radical (unpaired) electrons. The molecule has 140 heavy (non-hydrogen) atoms. The Morgan fingerprint density at radius 3 is 0.857 bits per heavy atom. The molecule has 8 heterocycles. The summed E-state index contributed by atoms with van der Waals surface area (Å²) >= 11 is 0. The molecule has 0 saturated heterocycles. The van der Waals surface area contributed by atoms with E-state index in [1.165, 1.54) is 30.5 Å². The molecular weight excluding hydrogens is 1770 g/mol. The van der Waals surface area contributed by atoms with E-state index in [0.29, 0.717) is 70.9 Å². The van der Waals surface area contributed by atoms with Gasteiger partial charge in [-0.15, -0.1) is 0 Å². The maximum absolute atomic E-state index is 13.7. The molecule has 0 bridgehead atoms. The first-order chi connectivity index (χ1) is 66.5. The molecule has 0 unspecified atom stereocenters. The summed E-state index contributed by atoms with van der Waals surface area (Å²) in [5.74, 6) is -1.13. The van der Waals surface area contributed by atoms with Gasteiger partial charge in [0, 0.05) is 117 Å². The van der Waals surface area contributed by atoms with Crippen molar-refractivity contribution in [3.63, 3.8) is 0 Å². The lowest BCUT2D eigenvalue weighted by Crippen LogP contribution is -2.37. The highest BCUT2D eigenvalue weighted by Crippen LogP contribution is 2.53. The molecule has 0 amide bonds. The first-order valence-electron chi connectivity index (χ1n) is 47.7. The molecule has 0 fully saturated rings. The number of benzene rings is 12. The monoisotopic (exact) mass is 1890 g/mol. The van der Waals surface area contributed by atoms with Gasteiger partial charge in [0.2, 0.25) is 0 Å². The van der Waals surface area contributed by atoms with Gasteiger partial charge >= 0.3 is 23.9 Å². The van der Waals surface area contributed by atoms with Gasteiger partial charge in [0.15, 0.2) is 24.4 Å². The smallest absolute Gasteiger partial charge is 0.337 e. The van der Waals surface area contributed by atoms with Gasteiger partial charge < -0.3 is 58.3 Å². The van der Waals surface area contributed by atoms with Crippen LogP contribution in [0.2, 0.25) is 0 Å². The van der Waals surface area contributed by atoms with Gasteiger partial charge in [0.1, 0.15) is 28.6 Å². The van der Waals surface area contributed by atoms with E-state index in [2.05, 4.69) is 61.3 Å². The van der Waals surface area contributed by atoms with Gasteiger partial charge in [-0.05, 0) is 285 Å². The van der Waals surface area contributed by atoms with Crippen molar-refractivity contribution in [3.05, 3.63) is 286 Å². The number of alkyl halides is 2. The Balaban J connectivity index is 0.000000134. The van der Waals surface area contributed by atoms with Crippen molar-refractivity contribution in [3.8, 4) is 67.5 Å². The van der Waals surface area contributed by atoms with E-state index in [1.807, 2.05) is 239 Å². The highest BCUT2D eigenvalue weighted by molar-refractivity contribution is 6.14. The van der Waals surface area contributed by atoms with Gasteiger partial charge in [-0.25, -0.2) is 28.0 Å². The van der Waals surface area contributed by atoms with E-state index in [1.54, 1.807) is 13.1 Å². The van der Waals surface area contributed by atoms with Crippen LogP contribution in [0.5, 0.6) is 23.0 Å². The normalized spacial score (nSPS) is 14.1. The largest absolute Gasteiger partial charge is 0.493 e. The van der Waals surface area contributed by atoms with Crippen LogP contribution in [0.4, 0.5) is 8.78 Å². The highest BCUT2D eigenvalue weighted by atomic mass is 19.3. The van der Waals surface area contributed by atoms with E-state index >= 15 is 0 Å². The van der Waals surface area contributed by atoms with E-state index < -0.39 is 77.1 Å². The average molecular weight is 1890 g/mol. The lowest BCUT2D eigenvalue weighted by Gasteiger charge is -2.31. The van der Waals surface area contributed by atoms with E-state index in [-0.39, 0.29) is 7.43 Å². The van der Waals surface area contributed by atoms with E-state index in [9.17, 15) is 48.4 Å². The minimum Gasteiger partial charge on any atom is -0.493 e. The summed E-state index contributed by atoms with van der Waals surface area (Å²) in [6.07, 6.45) is 7.08. The second-order valence-electron chi connectivity index (χ2n) is 39.2. The van der Waals surface area contributed by atoms with E-state index in [4.69, 9.17) is 52.8 Å². The van der Waals surface area contributed by atoms with Crippen molar-refractivity contribution in [1.82, 2.24) is 19.9 Å². The number of aliphatic carboxylic acids is 4. The lowest BCUT2D eigenvalue weighted by atomic mass is 9.85. The molecule has 4 aliphatic heterocycles. The molecule has 722 valence electrons. The number of fused-ring (bicyclic) bond motifs is 4. The summed E-state index contributed by atoms with van der Waals surface area (Å²) < 4.78 is 75.7. The van der Waals surface area contributed by atoms with Crippen LogP contribution >= 0.6 is 0 Å². The number of unbranched alkanes of at least 4 members (excludes halogenated alkanes) is 1. The molecule has 0 saturated carbocycles. The molecule has 4 atom stereocenters. The Hall–Kier alpha value is -13.9. The number of hydrogen-bond acceptors (Lipinski definition) is 16. The Morgan fingerprint density at radius 2 is 0.607 bits per heavy atom. The number of aromatic nitrogens is 4. The van der Waals surface area contributed by atoms with Crippen LogP contribution in [0.25, 0.3) is 131 Å². The van der Waals surface area contributed by atoms with Crippen LogP contribution in [-0.4, -0.2) is 119 Å². The second kappa shape index (κ2) is 40.5. The predicted molar refractivity (Wildman–Crippen MR) is 549 cm³/mol. The molecule has 20 nitrogen and oxygen atoms in total. The Bertz CT molecular complexity index is 7490. The van der Waals surface area contributed by atoms with Crippen LogP contribution in [0.3, 0.4) is 0 Å². The summed E-state index contributed by atoms with van der Waals surface area (Å²) in [6, 6.07) is 63.7. The van der Waals surface area contributed by atoms with Crippen LogP contribution in [0.15, 0.2) is 219 Å². The summed E-state index contributed by atoms with van der Waals surface area (Å²) in [5, 5.41) is 53.0. The molecule has 12 aromatic carbocycles. The number of pyridine rings is 4. The number of rotatable bonds is 25. The molecule has 4 aromatic heterocycles. The Morgan fingerprint density at radius 1 is 0.350 bits per heavy atom. The van der Waals surface area contributed by atoms with Crippen LogP contribution < -0.4 is 18.9 Å². The third-order valence-corrected chi connectivity index (χ3v) is 26.8. The van der Waals surface area contributed by atoms with Gasteiger partial charge in [0.05, 0.1) is 65.3 Å². The fourth-order valence-electron chi connectivity index (χ4n) is 20.5. The molecule has 0 spiro atoms. The SMILES string of the molecule is C.CCCC(C)(C)O[C@H](C(=O)O)c1c(C)cc2ccccc2c1-c1ccc2c3c(ccnc13)CCO2.CCCCC(C)(C)O[C@H](C(=O)O)c1c(C)cc2ccccc2c1-c1ccc2c3c(ccnc13)CCO2.Cc1cc2ccccc2c(-c2ccc3c4c(ccnc24)CCO3)c1[C@H](OC(C)(C)C(F)F)C(=O)O.Cc1cc2ccccc2c(-c2ccc3c4c(ccnc24)CCO3)c1[C@H](OC(C)(C)C)C(=O)O. The van der Waals surface area contributed by atoms with Crippen molar-refractivity contribution in [2.24, 2.45) is 0 Å². The van der Waals surface area contributed by atoms with Crippen molar-refractivity contribution in [2.75, 3.05) is 26.4 Å². The standard InChI is InChI=1S/C31H33NO4.C30H31NO4.C28H25F2NO4.C28H27NO4.CH4/c1-5-6-15-31(3,4)36-29(30(33)34)25-19(2)18-21-9-7-8-10-22(21)27(25)23-11-12-24-26-20(14-17-35-24)13-16-32-28(23)26;1-5-14-30(3,4)35-28(29(32)33)24-18(2)17-20-8-6-7-9-21(20)26(24)22-10-11-23-25-19(13-16-34-23)12-15-31-27(22)25;1-15-14-17-6-4-5-7-18(17)23(21(15)25(26(32)33)35-28(2,3)27(29)30)19-8-9-20-22-16(11-13-34-20)10-12-31-24(19)22;1-16-15-18-7-5-6-8-19(18)24(22(16)26(27(30)31)33-28(2,3)4)20-9-10-21-23-17(12-14-32-21)11-13-29-25(20)23;/h7-13,16,18,29H,5-6,14-15,17H2,1-4H3,(H,33,34);6-12,15,17,28H,5,13-14,16H2,1-4H3,(H,32,33);4-10,12,14,25,27H,11,13H2,1-3H3,(H,32,33);5-11,13,15,26H,12,14H2,1-4H3,(H,30,31);1H4/t29-;28-;25-;26-;/m0000./s1. The zero-order valence-corrected chi connectivity index (χ0v) is 81.1. The third kappa shape index (κ3) is 19.7. The maximum Gasteiger partial charge on any atom is 0.337 e. The third-order valence-electron chi connectivity index (χ3n) is 26.8. The number of nitrogens with zero attached hydrogens (tertiary/aromatic N) is 4. The fourth-order valence-corrected chi connectivity index (χ4v) is 20.5. The first-order valence-corrected chi connectivity index (χ1v) is 47.7. The van der Waals surface area contributed by atoms with Crippen molar-refractivity contribution < 1.29 is 86.3 Å². The van der Waals surface area contributed by atoms with Crippen molar-refractivity contribution in [2.45, 2.75) is 222 Å². The Labute approximate surface area is 814 Å². The van der Waals surface area contributed by atoms with Crippen molar-refractivity contribution >= 4 is 111 Å².